The Morgan fingerprint density at radius 3 is 2.20 bits per heavy atom. The predicted octanol–water partition coefficient (Wildman–Crippen LogP) is 4.33. The van der Waals surface area contributed by atoms with E-state index in [1.165, 1.54) is 6.92 Å². The molecule has 0 aliphatic heterocycles. The highest BCUT2D eigenvalue weighted by Crippen LogP contribution is 2.38. The fraction of sp³-hybridized carbons (Fsp3) is 0.0714. The second-order valence-corrected chi connectivity index (χ2v) is 4.94. The van der Waals surface area contributed by atoms with Crippen LogP contribution in [0.2, 0.25) is 10.0 Å². The van der Waals surface area contributed by atoms with Crippen LogP contribution in [-0.4, -0.2) is 5.91 Å². The van der Waals surface area contributed by atoms with Gasteiger partial charge in [0.25, 0.3) is 0 Å². The highest BCUT2D eigenvalue weighted by Gasteiger charge is 2.10. The van der Waals surface area contributed by atoms with Crippen LogP contribution in [0, 0.1) is 0 Å². The number of amides is 1. The number of carbonyl (C=O) groups excluding carboxylic acids is 1. The summed E-state index contributed by atoms with van der Waals surface area (Å²) in [5.41, 5.74) is 6.77. The van der Waals surface area contributed by atoms with E-state index in [1.807, 2.05) is 0 Å². The lowest BCUT2D eigenvalue weighted by Crippen LogP contribution is -2.05. The van der Waals surface area contributed by atoms with E-state index in [1.54, 1.807) is 36.4 Å². The number of halogens is 2. The van der Waals surface area contributed by atoms with Gasteiger partial charge in [0, 0.05) is 18.3 Å². The summed E-state index contributed by atoms with van der Waals surface area (Å²) in [6.45, 7) is 1.44. The molecule has 0 saturated carbocycles. The smallest absolute Gasteiger partial charge is 0.221 e. The Kier molecular flexibility index (Phi) is 4.37. The molecule has 0 aliphatic rings. The molecular weight excluding hydrogens is 299 g/mol. The van der Waals surface area contributed by atoms with E-state index < -0.39 is 0 Å². The quantitative estimate of drug-likeness (QED) is 0.829. The Hall–Kier alpha value is -1.91. The Morgan fingerprint density at radius 1 is 1.15 bits per heavy atom. The van der Waals surface area contributed by atoms with Crippen LogP contribution in [0.15, 0.2) is 36.4 Å². The first-order valence-electron chi connectivity index (χ1n) is 5.76. The number of rotatable bonds is 3. The first-order chi connectivity index (χ1) is 9.45. The number of nitrogen functional groups attached to an aromatic ring is 1. The Balaban J connectivity index is 2.20. The van der Waals surface area contributed by atoms with Crippen LogP contribution in [0.25, 0.3) is 0 Å². The van der Waals surface area contributed by atoms with Crippen molar-refractivity contribution in [2.75, 3.05) is 11.1 Å². The number of anilines is 2. The molecular formula is C14H12Cl2N2O2. The molecule has 20 heavy (non-hydrogen) atoms. The number of nitrogens with one attached hydrogen (secondary N) is 1. The average molecular weight is 311 g/mol. The van der Waals surface area contributed by atoms with Gasteiger partial charge >= 0.3 is 0 Å². The van der Waals surface area contributed by atoms with Crippen molar-refractivity contribution in [1.82, 2.24) is 0 Å². The van der Waals surface area contributed by atoms with E-state index >= 15 is 0 Å². The van der Waals surface area contributed by atoms with E-state index in [4.69, 9.17) is 33.7 Å². The summed E-state index contributed by atoms with van der Waals surface area (Å²) >= 11 is 12.1. The molecule has 0 radical (unpaired) electrons. The highest BCUT2D eigenvalue weighted by atomic mass is 35.5. The number of ether oxygens (including phenoxy) is 1. The van der Waals surface area contributed by atoms with Crippen LogP contribution >= 0.6 is 23.2 Å². The Morgan fingerprint density at radius 2 is 1.70 bits per heavy atom. The third-order valence-electron chi connectivity index (χ3n) is 2.42. The predicted molar refractivity (Wildman–Crippen MR) is 81.7 cm³/mol. The van der Waals surface area contributed by atoms with Gasteiger partial charge < -0.3 is 15.8 Å². The molecule has 0 fully saturated rings. The highest BCUT2D eigenvalue weighted by molar-refractivity contribution is 6.37. The van der Waals surface area contributed by atoms with Crippen molar-refractivity contribution < 1.29 is 9.53 Å². The zero-order valence-corrected chi connectivity index (χ0v) is 12.1. The number of hydrogen-bond acceptors (Lipinski definition) is 3. The first kappa shape index (κ1) is 14.5. The van der Waals surface area contributed by atoms with E-state index in [9.17, 15) is 4.79 Å². The molecule has 0 saturated heterocycles. The van der Waals surface area contributed by atoms with Gasteiger partial charge in [0.15, 0.2) is 5.75 Å². The molecule has 2 rings (SSSR count). The zero-order valence-electron chi connectivity index (χ0n) is 10.6. The fourth-order valence-corrected chi connectivity index (χ4v) is 2.19. The van der Waals surface area contributed by atoms with Gasteiger partial charge in [-0.3, -0.25) is 4.79 Å². The van der Waals surface area contributed by atoms with Crippen LogP contribution in [0.1, 0.15) is 6.92 Å². The molecule has 104 valence electrons. The molecule has 6 heteroatoms. The van der Waals surface area contributed by atoms with Gasteiger partial charge in [-0.15, -0.1) is 0 Å². The van der Waals surface area contributed by atoms with Gasteiger partial charge in [0.2, 0.25) is 5.91 Å². The number of hydrogen-bond donors (Lipinski definition) is 2. The van der Waals surface area contributed by atoms with Crippen molar-refractivity contribution in [3.63, 3.8) is 0 Å². The monoisotopic (exact) mass is 310 g/mol. The van der Waals surface area contributed by atoms with Crippen molar-refractivity contribution in [2.45, 2.75) is 6.92 Å². The lowest BCUT2D eigenvalue weighted by molar-refractivity contribution is -0.114. The second kappa shape index (κ2) is 6.03. The molecule has 2 aromatic carbocycles. The van der Waals surface area contributed by atoms with E-state index in [-0.39, 0.29) is 5.91 Å². The molecule has 0 bridgehead atoms. The summed E-state index contributed by atoms with van der Waals surface area (Å²) in [4.78, 5) is 10.9. The van der Waals surface area contributed by atoms with Gasteiger partial charge in [-0.05, 0) is 36.4 Å². The first-order valence-corrected chi connectivity index (χ1v) is 6.51. The average Bonchev–Trinajstić information content (AvgIpc) is 2.35. The van der Waals surface area contributed by atoms with Gasteiger partial charge in [-0.1, -0.05) is 23.2 Å². The van der Waals surface area contributed by atoms with Crippen molar-refractivity contribution in [2.24, 2.45) is 0 Å². The standard InChI is InChI=1S/C14H12Cl2N2O2/c1-8(19)18-10-2-4-11(5-3-10)20-14-12(15)6-9(17)7-13(14)16/h2-7H,17H2,1H3,(H,18,19). The maximum absolute atomic E-state index is 10.9. The van der Waals surface area contributed by atoms with Crippen LogP contribution in [0.3, 0.4) is 0 Å². The minimum Gasteiger partial charge on any atom is -0.454 e. The number of carbonyl (C=O) groups is 1. The third-order valence-corrected chi connectivity index (χ3v) is 2.98. The van der Waals surface area contributed by atoms with Gasteiger partial charge in [0.05, 0.1) is 10.0 Å². The minimum atomic E-state index is -0.136. The van der Waals surface area contributed by atoms with Crippen LogP contribution in [0.5, 0.6) is 11.5 Å². The molecule has 0 aromatic heterocycles. The summed E-state index contributed by atoms with van der Waals surface area (Å²) in [7, 11) is 0. The molecule has 1 amide bonds. The lowest BCUT2D eigenvalue weighted by Gasteiger charge is -2.11. The van der Waals surface area contributed by atoms with E-state index in [0.717, 1.165) is 0 Å². The molecule has 0 unspecified atom stereocenters. The molecule has 0 aliphatic carbocycles. The molecule has 0 spiro atoms. The normalized spacial score (nSPS) is 10.2. The lowest BCUT2D eigenvalue weighted by atomic mass is 10.3. The van der Waals surface area contributed by atoms with E-state index in [0.29, 0.717) is 32.9 Å². The summed E-state index contributed by atoms with van der Waals surface area (Å²) in [6, 6.07) is 9.97. The third kappa shape index (κ3) is 3.56. The van der Waals surface area contributed by atoms with Crippen LogP contribution in [-0.2, 0) is 4.79 Å². The number of nitrogens with two attached hydrogens (primary N) is 1. The molecule has 2 aromatic rings. The van der Waals surface area contributed by atoms with Crippen molar-refractivity contribution in [1.29, 1.82) is 0 Å². The maximum Gasteiger partial charge on any atom is 0.221 e. The van der Waals surface area contributed by atoms with Crippen LogP contribution in [0.4, 0.5) is 11.4 Å². The Bertz CT molecular complexity index is 619. The minimum absolute atomic E-state index is 0.136. The SMILES string of the molecule is CC(=O)Nc1ccc(Oc2c(Cl)cc(N)cc2Cl)cc1. The van der Waals surface area contributed by atoms with Crippen molar-refractivity contribution in [3.05, 3.63) is 46.4 Å². The molecule has 0 atom stereocenters. The summed E-state index contributed by atoms with van der Waals surface area (Å²) in [6.07, 6.45) is 0. The van der Waals surface area contributed by atoms with Crippen molar-refractivity contribution >= 4 is 40.5 Å². The molecule has 0 heterocycles. The second-order valence-electron chi connectivity index (χ2n) is 4.12. The summed E-state index contributed by atoms with van der Waals surface area (Å²) < 4.78 is 5.62. The summed E-state index contributed by atoms with van der Waals surface area (Å²) in [5, 5.41) is 3.33. The maximum atomic E-state index is 10.9. The van der Waals surface area contributed by atoms with Crippen molar-refractivity contribution in [3.8, 4) is 11.5 Å². The molecule has 4 nitrogen and oxygen atoms in total. The van der Waals surface area contributed by atoms with Gasteiger partial charge in [-0.25, -0.2) is 0 Å². The Labute approximate surface area is 126 Å². The van der Waals surface area contributed by atoms with E-state index in [2.05, 4.69) is 5.32 Å². The largest absolute Gasteiger partial charge is 0.454 e. The van der Waals surface area contributed by atoms with Crippen LogP contribution < -0.4 is 15.8 Å². The topological polar surface area (TPSA) is 64.3 Å². The fourth-order valence-electron chi connectivity index (χ4n) is 1.60. The van der Waals surface area contributed by atoms with Gasteiger partial charge in [-0.2, -0.15) is 0 Å². The zero-order chi connectivity index (χ0) is 14.7. The summed E-state index contributed by atoms with van der Waals surface area (Å²) in [5.74, 6) is 0.755. The molecule has 3 N–H and O–H groups in total. The number of benzene rings is 2. The van der Waals surface area contributed by atoms with Gasteiger partial charge in [0.1, 0.15) is 5.75 Å².